The summed E-state index contributed by atoms with van der Waals surface area (Å²) >= 11 is 6.11. The van der Waals surface area contributed by atoms with Gasteiger partial charge in [0.05, 0.1) is 19.1 Å². The average Bonchev–Trinajstić information content (AvgIpc) is 3.30. The Morgan fingerprint density at radius 3 is 2.64 bits per heavy atom. The number of nitriles is 1. The van der Waals surface area contributed by atoms with Crippen molar-refractivity contribution in [3.63, 3.8) is 0 Å². The van der Waals surface area contributed by atoms with Crippen LogP contribution >= 0.6 is 11.6 Å². The van der Waals surface area contributed by atoms with E-state index in [9.17, 15) is 10.1 Å². The normalized spacial score (nSPS) is 14.2. The quantitative estimate of drug-likeness (QED) is 0.114. The molecule has 1 atom stereocenters. The first kappa shape index (κ1) is 28.9. The molecule has 5 rings (SSSR count). The SMILES string of the molecule is CCCCCOc1ccc(C2C(C#N)=C(N)Oc3cc(OC(=O)c4oc5ccc(Cl)cc5c4C)ccc32)cc1OCC. The number of rotatable bonds is 10. The van der Waals surface area contributed by atoms with Crippen LogP contribution in [-0.2, 0) is 0 Å². The molecule has 0 bridgehead atoms. The number of hydrogen-bond donors (Lipinski definition) is 1. The van der Waals surface area contributed by atoms with E-state index in [-0.39, 0.29) is 23.0 Å². The summed E-state index contributed by atoms with van der Waals surface area (Å²) < 4.78 is 29.1. The molecule has 2 N–H and O–H groups in total. The Morgan fingerprint density at radius 1 is 1.05 bits per heavy atom. The van der Waals surface area contributed by atoms with Crippen molar-refractivity contribution in [2.45, 2.75) is 46.0 Å². The molecule has 0 saturated heterocycles. The van der Waals surface area contributed by atoms with E-state index < -0.39 is 11.9 Å². The van der Waals surface area contributed by atoms with Crippen LogP contribution in [0.15, 0.2) is 70.5 Å². The van der Waals surface area contributed by atoms with Gasteiger partial charge in [0.1, 0.15) is 28.7 Å². The summed E-state index contributed by atoms with van der Waals surface area (Å²) in [5.74, 6) is 0.690. The number of nitrogens with two attached hydrogens (primary N) is 1. The van der Waals surface area contributed by atoms with Gasteiger partial charge in [0.15, 0.2) is 11.5 Å². The van der Waals surface area contributed by atoms with Gasteiger partial charge >= 0.3 is 5.97 Å². The monoisotopic (exact) mass is 586 g/mol. The van der Waals surface area contributed by atoms with Crippen LogP contribution < -0.4 is 24.7 Å². The average molecular weight is 587 g/mol. The van der Waals surface area contributed by atoms with Crippen LogP contribution in [0.4, 0.5) is 0 Å². The Hall–Kier alpha value is -4.61. The highest BCUT2D eigenvalue weighted by Gasteiger charge is 2.32. The van der Waals surface area contributed by atoms with Crippen molar-refractivity contribution in [3.8, 4) is 29.1 Å². The lowest BCUT2D eigenvalue weighted by molar-refractivity contribution is 0.0702. The summed E-state index contributed by atoms with van der Waals surface area (Å²) in [7, 11) is 0. The van der Waals surface area contributed by atoms with Crippen LogP contribution in [-0.4, -0.2) is 19.2 Å². The molecule has 216 valence electrons. The Kier molecular flexibility index (Phi) is 8.60. The van der Waals surface area contributed by atoms with Crippen molar-refractivity contribution in [2.24, 2.45) is 5.73 Å². The molecular weight excluding hydrogens is 556 g/mol. The summed E-state index contributed by atoms with van der Waals surface area (Å²) in [4.78, 5) is 13.1. The van der Waals surface area contributed by atoms with Crippen molar-refractivity contribution < 1.29 is 28.2 Å². The number of halogens is 1. The Morgan fingerprint density at radius 2 is 1.88 bits per heavy atom. The van der Waals surface area contributed by atoms with Gasteiger partial charge in [-0.1, -0.05) is 43.5 Å². The van der Waals surface area contributed by atoms with Gasteiger partial charge in [0.2, 0.25) is 11.6 Å². The van der Waals surface area contributed by atoms with Gasteiger partial charge in [-0.15, -0.1) is 0 Å². The Balaban J connectivity index is 1.45. The van der Waals surface area contributed by atoms with Gasteiger partial charge in [0.25, 0.3) is 0 Å². The molecule has 4 aromatic rings. The first-order valence-corrected chi connectivity index (χ1v) is 14.2. The topological polar surface area (TPSA) is 117 Å². The maximum atomic E-state index is 13.1. The van der Waals surface area contributed by atoms with E-state index in [1.54, 1.807) is 43.3 Å². The molecule has 0 spiro atoms. The van der Waals surface area contributed by atoms with Crippen molar-refractivity contribution >= 4 is 28.5 Å². The molecule has 8 nitrogen and oxygen atoms in total. The fourth-order valence-electron chi connectivity index (χ4n) is 5.01. The molecule has 1 aromatic heterocycles. The number of aryl methyl sites for hydroxylation is 1. The molecule has 3 aromatic carbocycles. The minimum Gasteiger partial charge on any atom is -0.490 e. The van der Waals surface area contributed by atoms with Crippen molar-refractivity contribution in [1.82, 2.24) is 0 Å². The first-order chi connectivity index (χ1) is 20.3. The third kappa shape index (κ3) is 5.74. The zero-order chi connectivity index (χ0) is 29.8. The van der Waals surface area contributed by atoms with Crippen LogP contribution in [0, 0.1) is 18.3 Å². The molecule has 2 heterocycles. The number of carbonyl (C=O) groups is 1. The Bertz CT molecular complexity index is 1720. The van der Waals surface area contributed by atoms with E-state index in [4.69, 9.17) is 40.7 Å². The lowest BCUT2D eigenvalue weighted by Gasteiger charge is -2.27. The molecule has 1 aliphatic heterocycles. The lowest BCUT2D eigenvalue weighted by Crippen LogP contribution is -2.21. The third-order valence-corrected chi connectivity index (χ3v) is 7.33. The van der Waals surface area contributed by atoms with Gasteiger partial charge < -0.3 is 29.1 Å². The molecule has 0 amide bonds. The highest BCUT2D eigenvalue weighted by atomic mass is 35.5. The fourth-order valence-corrected chi connectivity index (χ4v) is 5.18. The van der Waals surface area contributed by atoms with Gasteiger partial charge in [0, 0.05) is 27.6 Å². The third-order valence-electron chi connectivity index (χ3n) is 7.09. The maximum Gasteiger partial charge on any atom is 0.379 e. The Labute approximate surface area is 249 Å². The molecular formula is C33H31ClN2O6. The smallest absolute Gasteiger partial charge is 0.379 e. The van der Waals surface area contributed by atoms with Gasteiger partial charge in [-0.05, 0) is 62.2 Å². The van der Waals surface area contributed by atoms with Crippen molar-refractivity contribution in [1.29, 1.82) is 5.26 Å². The number of unbranched alkanes of at least 4 members (excludes halogenated alkanes) is 2. The minimum atomic E-state index is -0.663. The van der Waals surface area contributed by atoms with Crippen molar-refractivity contribution in [2.75, 3.05) is 13.2 Å². The van der Waals surface area contributed by atoms with E-state index in [1.165, 1.54) is 0 Å². The predicted octanol–water partition coefficient (Wildman–Crippen LogP) is 7.80. The zero-order valence-electron chi connectivity index (χ0n) is 23.7. The van der Waals surface area contributed by atoms with Crippen LogP contribution in [0.25, 0.3) is 11.0 Å². The number of esters is 1. The highest BCUT2D eigenvalue weighted by molar-refractivity contribution is 6.31. The van der Waals surface area contributed by atoms with Gasteiger partial charge in [-0.3, -0.25) is 0 Å². The molecule has 1 aliphatic rings. The molecule has 9 heteroatoms. The zero-order valence-corrected chi connectivity index (χ0v) is 24.4. The second kappa shape index (κ2) is 12.5. The van der Waals surface area contributed by atoms with Crippen LogP contribution in [0.5, 0.6) is 23.0 Å². The minimum absolute atomic E-state index is 0.0265. The number of carbonyl (C=O) groups excluding carboxylic acids is 1. The summed E-state index contributed by atoms with van der Waals surface area (Å²) in [5.41, 5.74) is 9.11. The number of furan rings is 1. The predicted molar refractivity (Wildman–Crippen MR) is 159 cm³/mol. The number of fused-ring (bicyclic) bond motifs is 2. The van der Waals surface area contributed by atoms with Crippen LogP contribution in [0.2, 0.25) is 5.02 Å². The molecule has 0 saturated carbocycles. The molecule has 1 unspecified atom stereocenters. The number of ether oxygens (including phenoxy) is 4. The van der Waals surface area contributed by atoms with E-state index >= 15 is 0 Å². The van der Waals surface area contributed by atoms with Crippen molar-refractivity contribution in [3.05, 3.63) is 93.5 Å². The number of nitrogens with zero attached hydrogens (tertiary/aromatic N) is 1. The summed E-state index contributed by atoms with van der Waals surface area (Å²) in [6.45, 7) is 6.86. The second-order valence-electron chi connectivity index (χ2n) is 9.91. The molecule has 42 heavy (non-hydrogen) atoms. The van der Waals surface area contributed by atoms with E-state index in [1.807, 2.05) is 25.1 Å². The van der Waals surface area contributed by atoms with Crippen LogP contribution in [0.1, 0.15) is 66.3 Å². The number of hydrogen-bond acceptors (Lipinski definition) is 8. The summed E-state index contributed by atoms with van der Waals surface area (Å²) in [5, 5.41) is 11.3. The van der Waals surface area contributed by atoms with E-state index in [2.05, 4.69) is 13.0 Å². The fraction of sp³-hybridized carbons (Fsp3) is 0.273. The number of benzene rings is 3. The second-order valence-corrected chi connectivity index (χ2v) is 10.3. The largest absolute Gasteiger partial charge is 0.490 e. The maximum absolute atomic E-state index is 13.1. The summed E-state index contributed by atoms with van der Waals surface area (Å²) in [6.07, 6.45) is 3.14. The molecule has 0 fully saturated rings. The molecule has 0 aliphatic carbocycles. The van der Waals surface area contributed by atoms with E-state index in [0.717, 1.165) is 30.2 Å². The first-order valence-electron chi connectivity index (χ1n) is 13.9. The van der Waals surface area contributed by atoms with E-state index in [0.29, 0.717) is 52.2 Å². The standard InChI is InChI=1S/C33H31ClN2O6/c1-4-6-7-14-39-27-12-8-20(15-29(27)38-5-2)30-23-11-10-22(17-28(23)42-32(36)25(30)18-35)40-33(37)31-19(3)24-16-21(34)9-13-26(24)41-31/h8-13,15-17,30H,4-7,14,36H2,1-3H3. The number of allylic oxidation sites excluding steroid dienone is 1. The lowest BCUT2D eigenvalue weighted by atomic mass is 9.83. The van der Waals surface area contributed by atoms with Crippen LogP contribution in [0.3, 0.4) is 0 Å². The molecule has 0 radical (unpaired) electrons. The van der Waals surface area contributed by atoms with Gasteiger partial charge in [-0.2, -0.15) is 5.26 Å². The summed E-state index contributed by atoms with van der Waals surface area (Å²) in [6, 6.07) is 17.9. The highest BCUT2D eigenvalue weighted by Crippen LogP contribution is 2.45. The van der Waals surface area contributed by atoms with Gasteiger partial charge in [-0.25, -0.2) is 4.79 Å².